The monoisotopic (exact) mass is 269 g/mol. The van der Waals surface area contributed by atoms with E-state index in [1.165, 1.54) is 42.5 Å². The molecule has 1 aliphatic carbocycles. The van der Waals surface area contributed by atoms with E-state index in [0.29, 0.717) is 0 Å². The molecule has 0 saturated carbocycles. The molecule has 0 unspecified atom stereocenters. The molecule has 0 radical (unpaired) electrons. The topological polar surface area (TPSA) is 29.9 Å². The minimum Gasteiger partial charge on any atom is -0.378 e. The highest BCUT2D eigenvalue weighted by Gasteiger charge is 2.13. The number of anilines is 1. The molecule has 0 spiro atoms. The number of benzene rings is 1. The molecule has 0 fully saturated rings. The molecular weight excluding hydrogens is 246 g/mol. The number of aromatic nitrogens is 2. The molecule has 3 nitrogen and oxygen atoms in total. The SMILES string of the molecule is CCCn1ccnc1CNc1cccc2c1CCCC2. The summed E-state index contributed by atoms with van der Waals surface area (Å²) in [6.45, 7) is 4.05. The van der Waals surface area contributed by atoms with Gasteiger partial charge in [0.1, 0.15) is 5.82 Å². The van der Waals surface area contributed by atoms with Gasteiger partial charge in [0.05, 0.1) is 6.54 Å². The first-order valence-corrected chi connectivity index (χ1v) is 7.73. The second kappa shape index (κ2) is 6.12. The van der Waals surface area contributed by atoms with E-state index >= 15 is 0 Å². The molecule has 0 amide bonds. The van der Waals surface area contributed by atoms with Gasteiger partial charge in [0.25, 0.3) is 0 Å². The fraction of sp³-hybridized carbons (Fsp3) is 0.471. The standard InChI is InChI=1S/C17H23N3/c1-2-11-20-12-10-18-17(20)13-19-16-9-5-7-14-6-3-4-8-15(14)16/h5,7,9-10,12,19H,2-4,6,8,11,13H2,1H3. The van der Waals surface area contributed by atoms with Crippen LogP contribution in [0.1, 0.15) is 43.1 Å². The molecule has 3 heteroatoms. The van der Waals surface area contributed by atoms with Gasteiger partial charge in [0, 0.05) is 24.6 Å². The van der Waals surface area contributed by atoms with Crippen molar-refractivity contribution in [2.24, 2.45) is 0 Å². The van der Waals surface area contributed by atoms with Gasteiger partial charge in [-0.25, -0.2) is 4.98 Å². The first-order valence-electron chi connectivity index (χ1n) is 7.73. The molecule has 3 rings (SSSR count). The van der Waals surface area contributed by atoms with Gasteiger partial charge in [-0.05, 0) is 49.3 Å². The Kier molecular flexibility index (Phi) is 4.05. The molecule has 1 N–H and O–H groups in total. The van der Waals surface area contributed by atoms with E-state index in [2.05, 4.69) is 46.2 Å². The van der Waals surface area contributed by atoms with Gasteiger partial charge >= 0.3 is 0 Å². The Balaban J connectivity index is 1.73. The van der Waals surface area contributed by atoms with Gasteiger partial charge in [-0.1, -0.05) is 19.1 Å². The summed E-state index contributed by atoms with van der Waals surface area (Å²) in [6.07, 6.45) is 10.2. The van der Waals surface area contributed by atoms with E-state index in [1.54, 1.807) is 0 Å². The summed E-state index contributed by atoms with van der Waals surface area (Å²) in [5.41, 5.74) is 4.35. The zero-order valence-electron chi connectivity index (χ0n) is 12.2. The second-order valence-electron chi connectivity index (χ2n) is 5.54. The van der Waals surface area contributed by atoms with Gasteiger partial charge in [0.15, 0.2) is 0 Å². The maximum atomic E-state index is 4.46. The Morgan fingerprint density at radius 2 is 2.15 bits per heavy atom. The number of imidazole rings is 1. The Hall–Kier alpha value is -1.77. The van der Waals surface area contributed by atoms with Crippen LogP contribution < -0.4 is 5.32 Å². The largest absolute Gasteiger partial charge is 0.378 e. The highest BCUT2D eigenvalue weighted by Crippen LogP contribution is 2.28. The third kappa shape index (κ3) is 2.72. The lowest BCUT2D eigenvalue weighted by Gasteiger charge is -2.20. The molecule has 1 aromatic carbocycles. The molecule has 0 atom stereocenters. The van der Waals surface area contributed by atoms with Gasteiger partial charge in [0.2, 0.25) is 0 Å². The molecular formula is C17H23N3. The Morgan fingerprint density at radius 3 is 3.05 bits per heavy atom. The molecule has 1 heterocycles. The average molecular weight is 269 g/mol. The highest BCUT2D eigenvalue weighted by molar-refractivity contribution is 5.55. The lowest BCUT2D eigenvalue weighted by molar-refractivity contribution is 0.643. The van der Waals surface area contributed by atoms with Crippen molar-refractivity contribution in [2.75, 3.05) is 5.32 Å². The van der Waals surface area contributed by atoms with Crippen molar-refractivity contribution in [1.82, 2.24) is 9.55 Å². The number of hydrogen-bond donors (Lipinski definition) is 1. The first kappa shape index (κ1) is 13.2. The van der Waals surface area contributed by atoms with E-state index < -0.39 is 0 Å². The molecule has 2 aromatic rings. The van der Waals surface area contributed by atoms with Crippen LogP contribution in [0.5, 0.6) is 0 Å². The summed E-state index contributed by atoms with van der Waals surface area (Å²) < 4.78 is 2.24. The van der Waals surface area contributed by atoms with E-state index in [9.17, 15) is 0 Å². The normalized spacial score (nSPS) is 14.1. The van der Waals surface area contributed by atoms with Crippen LogP contribution in [0.15, 0.2) is 30.6 Å². The highest BCUT2D eigenvalue weighted by atomic mass is 15.1. The maximum absolute atomic E-state index is 4.46. The zero-order chi connectivity index (χ0) is 13.8. The van der Waals surface area contributed by atoms with Crippen LogP contribution in [-0.2, 0) is 25.9 Å². The van der Waals surface area contributed by atoms with Crippen LogP contribution in [0, 0.1) is 0 Å². The van der Waals surface area contributed by atoms with Gasteiger partial charge in [-0.3, -0.25) is 0 Å². The van der Waals surface area contributed by atoms with Gasteiger partial charge in [-0.2, -0.15) is 0 Å². The van der Waals surface area contributed by atoms with Crippen LogP contribution in [0.3, 0.4) is 0 Å². The molecule has 0 aliphatic heterocycles. The molecule has 20 heavy (non-hydrogen) atoms. The maximum Gasteiger partial charge on any atom is 0.128 e. The van der Waals surface area contributed by atoms with Crippen molar-refractivity contribution in [3.05, 3.63) is 47.5 Å². The third-order valence-corrected chi connectivity index (χ3v) is 4.10. The molecule has 1 aliphatic rings. The number of rotatable bonds is 5. The third-order valence-electron chi connectivity index (χ3n) is 4.10. The smallest absolute Gasteiger partial charge is 0.128 e. The lowest BCUT2D eigenvalue weighted by atomic mass is 9.90. The van der Waals surface area contributed by atoms with Crippen LogP contribution in [0.25, 0.3) is 0 Å². The van der Waals surface area contributed by atoms with Crippen molar-refractivity contribution < 1.29 is 0 Å². The van der Waals surface area contributed by atoms with Crippen LogP contribution in [0.4, 0.5) is 5.69 Å². The number of aryl methyl sites for hydroxylation is 2. The lowest BCUT2D eigenvalue weighted by Crippen LogP contribution is -2.11. The number of nitrogens with zero attached hydrogens (tertiary/aromatic N) is 2. The molecule has 1 aromatic heterocycles. The number of fused-ring (bicyclic) bond motifs is 1. The van der Waals surface area contributed by atoms with E-state index in [-0.39, 0.29) is 0 Å². The van der Waals surface area contributed by atoms with Gasteiger partial charge in [-0.15, -0.1) is 0 Å². The predicted molar refractivity (Wildman–Crippen MR) is 82.9 cm³/mol. The van der Waals surface area contributed by atoms with Crippen molar-refractivity contribution in [2.45, 2.75) is 52.1 Å². The van der Waals surface area contributed by atoms with Crippen molar-refractivity contribution in [3.8, 4) is 0 Å². The summed E-state index contributed by atoms with van der Waals surface area (Å²) in [4.78, 5) is 4.46. The first-order chi connectivity index (χ1) is 9.88. The Labute approximate surface area is 121 Å². The summed E-state index contributed by atoms with van der Waals surface area (Å²) in [7, 11) is 0. The summed E-state index contributed by atoms with van der Waals surface area (Å²) >= 11 is 0. The van der Waals surface area contributed by atoms with Gasteiger partial charge < -0.3 is 9.88 Å². The quantitative estimate of drug-likeness (QED) is 0.895. The Bertz CT molecular complexity index is 571. The predicted octanol–water partition coefficient (Wildman–Crippen LogP) is 3.78. The van der Waals surface area contributed by atoms with E-state index in [4.69, 9.17) is 0 Å². The zero-order valence-corrected chi connectivity index (χ0v) is 12.2. The summed E-state index contributed by atoms with van der Waals surface area (Å²) in [5, 5.41) is 3.59. The minimum atomic E-state index is 0.809. The Morgan fingerprint density at radius 1 is 1.25 bits per heavy atom. The number of nitrogens with one attached hydrogen (secondary N) is 1. The molecule has 0 saturated heterocycles. The van der Waals surface area contributed by atoms with Crippen LogP contribution >= 0.6 is 0 Å². The van der Waals surface area contributed by atoms with Crippen molar-refractivity contribution in [1.29, 1.82) is 0 Å². The molecule has 0 bridgehead atoms. The average Bonchev–Trinajstić information content (AvgIpc) is 2.93. The number of hydrogen-bond acceptors (Lipinski definition) is 2. The summed E-state index contributed by atoms with van der Waals surface area (Å²) in [5.74, 6) is 1.13. The second-order valence-corrected chi connectivity index (χ2v) is 5.54. The fourth-order valence-corrected chi connectivity index (χ4v) is 3.07. The van der Waals surface area contributed by atoms with E-state index in [1.807, 2.05) is 6.20 Å². The van der Waals surface area contributed by atoms with Crippen LogP contribution in [0.2, 0.25) is 0 Å². The van der Waals surface area contributed by atoms with E-state index in [0.717, 1.165) is 25.3 Å². The molecule has 106 valence electrons. The minimum absolute atomic E-state index is 0.809. The fourth-order valence-electron chi connectivity index (χ4n) is 3.07. The van der Waals surface area contributed by atoms with Crippen molar-refractivity contribution in [3.63, 3.8) is 0 Å². The van der Waals surface area contributed by atoms with Crippen molar-refractivity contribution >= 4 is 5.69 Å². The van der Waals surface area contributed by atoms with Crippen LogP contribution in [-0.4, -0.2) is 9.55 Å². The summed E-state index contributed by atoms with van der Waals surface area (Å²) in [6, 6.07) is 6.65.